The highest BCUT2D eigenvalue weighted by molar-refractivity contribution is 6.45. The molecule has 0 bridgehead atoms. The molecule has 2 aromatic carbocycles. The zero-order valence-corrected chi connectivity index (χ0v) is 17.2. The lowest BCUT2D eigenvalue weighted by Crippen LogP contribution is -2.44. The molecule has 0 radical (unpaired) electrons. The topological polar surface area (TPSA) is 88.2 Å². The predicted molar refractivity (Wildman–Crippen MR) is 117 cm³/mol. The molecule has 0 spiro atoms. The molecule has 2 amide bonds. The Morgan fingerprint density at radius 1 is 1.13 bits per heavy atom. The number of nitrogens with zero attached hydrogens (tertiary/aromatic N) is 3. The second kappa shape index (κ2) is 8.18. The van der Waals surface area contributed by atoms with Crippen molar-refractivity contribution in [3.63, 3.8) is 0 Å². The molecule has 2 N–H and O–H groups in total. The third-order valence-electron chi connectivity index (χ3n) is 5.79. The van der Waals surface area contributed by atoms with Gasteiger partial charge in [0.05, 0.1) is 12.8 Å². The van der Waals surface area contributed by atoms with Gasteiger partial charge in [0.25, 0.3) is 5.91 Å². The number of benzene rings is 2. The van der Waals surface area contributed by atoms with E-state index in [1.54, 1.807) is 17.0 Å². The van der Waals surface area contributed by atoms with Crippen LogP contribution in [0.2, 0.25) is 0 Å². The molecule has 2 unspecified atom stereocenters. The smallest absolute Gasteiger partial charge is 0.274 e. The van der Waals surface area contributed by atoms with E-state index in [1.165, 1.54) is 0 Å². The van der Waals surface area contributed by atoms with Crippen molar-refractivity contribution in [3.8, 4) is 5.75 Å². The molecule has 1 aliphatic carbocycles. The van der Waals surface area contributed by atoms with Gasteiger partial charge in [-0.15, -0.1) is 0 Å². The summed E-state index contributed by atoms with van der Waals surface area (Å²) in [4.78, 5) is 27.5. The van der Waals surface area contributed by atoms with E-state index in [0.29, 0.717) is 11.6 Å². The van der Waals surface area contributed by atoms with Crippen LogP contribution in [0.5, 0.6) is 5.75 Å². The number of amides is 2. The van der Waals surface area contributed by atoms with Crippen LogP contribution in [0.4, 0.5) is 11.4 Å². The molecule has 1 saturated carbocycles. The van der Waals surface area contributed by atoms with Crippen molar-refractivity contribution in [2.45, 2.75) is 38.3 Å². The second-order valence-electron chi connectivity index (χ2n) is 7.80. The van der Waals surface area contributed by atoms with E-state index in [9.17, 15) is 9.59 Å². The van der Waals surface area contributed by atoms with E-state index in [4.69, 9.17) is 10.5 Å². The number of hydrogen-bond acceptors (Lipinski definition) is 5. The van der Waals surface area contributed by atoms with E-state index in [2.05, 4.69) is 12.0 Å². The summed E-state index contributed by atoms with van der Waals surface area (Å²) >= 11 is 0. The van der Waals surface area contributed by atoms with Crippen LogP contribution in [0.25, 0.3) is 0 Å². The summed E-state index contributed by atoms with van der Waals surface area (Å²) in [5.41, 5.74) is 7.49. The van der Waals surface area contributed by atoms with Crippen LogP contribution in [0.15, 0.2) is 59.7 Å². The number of rotatable bonds is 7. The summed E-state index contributed by atoms with van der Waals surface area (Å²) in [5.74, 6) is 0.503. The van der Waals surface area contributed by atoms with Crippen molar-refractivity contribution in [2.75, 3.05) is 17.0 Å². The van der Waals surface area contributed by atoms with Gasteiger partial charge < -0.3 is 15.4 Å². The Balaban J connectivity index is 1.67. The molecule has 2 aromatic rings. The lowest BCUT2D eigenvalue weighted by Gasteiger charge is -2.29. The number of hydrogen-bond donors (Lipinski definition) is 1. The van der Waals surface area contributed by atoms with E-state index >= 15 is 0 Å². The molecule has 1 aliphatic heterocycles. The quantitative estimate of drug-likeness (QED) is 0.766. The van der Waals surface area contributed by atoms with Crippen LogP contribution in [0.1, 0.15) is 26.2 Å². The third kappa shape index (κ3) is 3.87. The molecule has 2 aliphatic rings. The lowest BCUT2D eigenvalue weighted by molar-refractivity contribution is -0.119. The fraction of sp³-hybridized carbons (Fsp3) is 0.348. The van der Waals surface area contributed by atoms with Gasteiger partial charge >= 0.3 is 0 Å². The lowest BCUT2D eigenvalue weighted by atomic mass is 10.1. The first kappa shape index (κ1) is 19.9. The maximum Gasteiger partial charge on any atom is 0.274 e. The summed E-state index contributed by atoms with van der Waals surface area (Å²) in [7, 11) is 1.61. The van der Waals surface area contributed by atoms with Crippen molar-refractivity contribution >= 4 is 28.9 Å². The second-order valence-corrected chi connectivity index (χ2v) is 7.80. The first-order chi connectivity index (χ1) is 14.5. The largest absolute Gasteiger partial charge is 0.497 e. The number of carbonyl (C=O) groups excluding carboxylic acids is 2. The van der Waals surface area contributed by atoms with Crippen LogP contribution in [-0.2, 0) is 9.59 Å². The van der Waals surface area contributed by atoms with Gasteiger partial charge in [0.1, 0.15) is 17.5 Å². The normalized spacial score (nSPS) is 19.2. The first-order valence-electron chi connectivity index (χ1n) is 10.2. The monoisotopic (exact) mass is 406 g/mol. The molecule has 1 fully saturated rings. The molecule has 4 rings (SSSR count). The van der Waals surface area contributed by atoms with Gasteiger partial charge in [-0.1, -0.05) is 18.2 Å². The Kier molecular flexibility index (Phi) is 5.44. The van der Waals surface area contributed by atoms with Gasteiger partial charge in [0.15, 0.2) is 0 Å². The molecule has 7 nitrogen and oxygen atoms in total. The van der Waals surface area contributed by atoms with Crippen LogP contribution >= 0.6 is 0 Å². The Morgan fingerprint density at radius 3 is 2.37 bits per heavy atom. The maximum absolute atomic E-state index is 13.6. The van der Waals surface area contributed by atoms with E-state index in [0.717, 1.165) is 30.0 Å². The molecule has 2 atom stereocenters. The van der Waals surface area contributed by atoms with E-state index in [-0.39, 0.29) is 18.4 Å². The Labute approximate surface area is 176 Å². The van der Waals surface area contributed by atoms with Gasteiger partial charge in [-0.2, -0.15) is 5.10 Å². The average Bonchev–Trinajstić information content (AvgIpc) is 3.52. The Morgan fingerprint density at radius 2 is 1.80 bits per heavy atom. The highest BCUT2D eigenvalue weighted by Gasteiger charge is 2.41. The van der Waals surface area contributed by atoms with Gasteiger partial charge in [-0.25, -0.2) is 0 Å². The minimum atomic E-state index is -0.680. The van der Waals surface area contributed by atoms with Crippen LogP contribution in [-0.4, -0.2) is 36.7 Å². The Bertz CT molecular complexity index is 954. The molecular formula is C23H26N4O3. The average molecular weight is 406 g/mol. The minimum Gasteiger partial charge on any atom is -0.497 e. The van der Waals surface area contributed by atoms with E-state index < -0.39 is 11.9 Å². The molecule has 156 valence electrons. The fourth-order valence-electron chi connectivity index (χ4n) is 3.89. The number of carbonyl (C=O) groups is 2. The van der Waals surface area contributed by atoms with Gasteiger partial charge in [0, 0.05) is 18.2 Å². The summed E-state index contributed by atoms with van der Waals surface area (Å²) in [6.07, 6.45) is 2.40. The number of nitrogens with two attached hydrogens (primary N) is 1. The predicted octanol–water partition coefficient (Wildman–Crippen LogP) is 2.95. The summed E-state index contributed by atoms with van der Waals surface area (Å²) < 4.78 is 5.25. The highest BCUT2D eigenvalue weighted by Crippen LogP contribution is 2.38. The molecule has 0 aromatic heterocycles. The van der Waals surface area contributed by atoms with Crippen LogP contribution in [0.3, 0.4) is 0 Å². The summed E-state index contributed by atoms with van der Waals surface area (Å²) in [6, 6.07) is 16.1. The van der Waals surface area contributed by atoms with Gasteiger partial charge in [-0.05, 0) is 62.1 Å². The number of para-hydroxylation sites is 1. The molecule has 0 saturated heterocycles. The first-order valence-corrected chi connectivity index (χ1v) is 10.2. The maximum atomic E-state index is 13.6. The number of methoxy groups -OCH3 is 1. The van der Waals surface area contributed by atoms with Gasteiger partial charge in [-0.3, -0.25) is 14.6 Å². The van der Waals surface area contributed by atoms with Gasteiger partial charge in [0.2, 0.25) is 5.91 Å². The standard InChI is InChI=1S/C23H26N4O3/c1-15(16-8-9-16)26(17-10-12-19(30-2)13-11-17)23(29)20-14-21(22(24)28)27(25-20)18-6-4-3-5-7-18/h3-7,10-13,15-16,21H,8-9,14H2,1-2H3,(H2,24,28). The summed E-state index contributed by atoms with van der Waals surface area (Å²) in [6.45, 7) is 2.07. The van der Waals surface area contributed by atoms with Crippen LogP contribution in [0, 0.1) is 5.92 Å². The Hall–Kier alpha value is -3.35. The molecule has 7 heteroatoms. The van der Waals surface area contributed by atoms with Crippen molar-refractivity contribution in [1.29, 1.82) is 0 Å². The SMILES string of the molecule is COc1ccc(N(C(=O)C2=NN(c3ccccc3)C(C(N)=O)C2)C(C)C2CC2)cc1. The number of anilines is 2. The zero-order valence-electron chi connectivity index (χ0n) is 17.2. The molecule has 1 heterocycles. The van der Waals surface area contributed by atoms with Crippen molar-refractivity contribution in [2.24, 2.45) is 16.8 Å². The summed E-state index contributed by atoms with van der Waals surface area (Å²) in [5, 5.41) is 6.10. The van der Waals surface area contributed by atoms with Crippen molar-refractivity contribution in [3.05, 3.63) is 54.6 Å². The fourth-order valence-corrected chi connectivity index (χ4v) is 3.89. The number of hydrazone groups is 1. The highest BCUT2D eigenvalue weighted by atomic mass is 16.5. The third-order valence-corrected chi connectivity index (χ3v) is 5.79. The van der Waals surface area contributed by atoms with Crippen molar-refractivity contribution in [1.82, 2.24) is 0 Å². The van der Waals surface area contributed by atoms with E-state index in [1.807, 2.05) is 54.6 Å². The number of primary amides is 1. The number of ether oxygens (including phenoxy) is 1. The zero-order chi connectivity index (χ0) is 21.3. The van der Waals surface area contributed by atoms with Crippen molar-refractivity contribution < 1.29 is 14.3 Å². The molecule has 30 heavy (non-hydrogen) atoms. The molecular weight excluding hydrogens is 380 g/mol. The minimum absolute atomic E-state index is 0.0337. The van der Waals surface area contributed by atoms with Crippen LogP contribution < -0.4 is 20.4 Å².